The van der Waals surface area contributed by atoms with Crippen LogP contribution in [0.3, 0.4) is 0 Å². The number of hydrogen-bond acceptors (Lipinski definition) is 1. The Morgan fingerprint density at radius 1 is 1.62 bits per heavy atom. The molecule has 1 aromatic heterocycles. The summed E-state index contributed by atoms with van der Waals surface area (Å²) in [6, 6.07) is 3.97. The minimum atomic E-state index is 1.01. The van der Waals surface area contributed by atoms with E-state index >= 15 is 0 Å². The van der Waals surface area contributed by atoms with Gasteiger partial charge in [-0.25, -0.2) is 0 Å². The van der Waals surface area contributed by atoms with E-state index in [4.69, 9.17) is 6.42 Å². The van der Waals surface area contributed by atoms with Crippen molar-refractivity contribution >= 4 is 33.9 Å². The van der Waals surface area contributed by atoms with Gasteiger partial charge >= 0.3 is 0 Å². The van der Waals surface area contributed by atoms with Crippen molar-refractivity contribution < 1.29 is 0 Å². The maximum atomic E-state index is 5.12. The Balaban J connectivity index is 3.05. The van der Waals surface area contributed by atoms with Gasteiger partial charge in [0, 0.05) is 0 Å². The molecule has 0 nitrogen and oxygen atoms in total. The number of halogens is 1. The fraction of sp³-hybridized carbons (Fsp3) is 0. The molecule has 0 N–H and O–H groups in total. The minimum Gasteiger partial charge on any atom is -0.121 e. The predicted molar refractivity (Wildman–Crippen MR) is 45.0 cm³/mol. The molecule has 40 valence electrons. The van der Waals surface area contributed by atoms with E-state index in [0.717, 1.165) is 4.88 Å². The maximum absolute atomic E-state index is 5.12. The van der Waals surface area contributed by atoms with Crippen molar-refractivity contribution in [1.82, 2.24) is 0 Å². The predicted octanol–water partition coefficient (Wildman–Crippen LogP) is 2.33. The average Bonchev–Trinajstić information content (AvgIpc) is 2.14. The van der Waals surface area contributed by atoms with Crippen LogP contribution in [0.4, 0.5) is 0 Å². The quantitative estimate of drug-likeness (QED) is 0.477. The van der Waals surface area contributed by atoms with Gasteiger partial charge in [-0.3, -0.25) is 0 Å². The molecular formula is C6H3IS. The lowest BCUT2D eigenvalue weighted by Crippen LogP contribution is -1.50. The van der Waals surface area contributed by atoms with Crippen LogP contribution in [-0.4, -0.2) is 0 Å². The smallest absolute Gasteiger partial charge is 0.0777 e. The Labute approximate surface area is 66.1 Å². The molecule has 0 atom stereocenters. The van der Waals surface area contributed by atoms with E-state index in [1.807, 2.05) is 12.1 Å². The minimum absolute atomic E-state index is 1.01. The SMILES string of the molecule is C#Cc1ccc(I)s1. The summed E-state index contributed by atoms with van der Waals surface area (Å²) in [6.07, 6.45) is 5.12. The first-order chi connectivity index (χ1) is 3.83. The molecule has 0 aliphatic carbocycles. The van der Waals surface area contributed by atoms with Gasteiger partial charge in [0.2, 0.25) is 0 Å². The van der Waals surface area contributed by atoms with Gasteiger partial charge in [-0.15, -0.1) is 17.8 Å². The lowest BCUT2D eigenvalue weighted by Gasteiger charge is -1.70. The topological polar surface area (TPSA) is 0 Å². The fourth-order valence-corrected chi connectivity index (χ4v) is 1.82. The van der Waals surface area contributed by atoms with Crippen LogP contribution in [0, 0.1) is 15.2 Å². The molecule has 0 aromatic carbocycles. The van der Waals surface area contributed by atoms with Gasteiger partial charge in [0.1, 0.15) is 0 Å². The summed E-state index contributed by atoms with van der Waals surface area (Å²) >= 11 is 3.89. The first kappa shape index (κ1) is 6.12. The Morgan fingerprint density at radius 2 is 2.38 bits per heavy atom. The molecule has 1 rings (SSSR count). The highest BCUT2D eigenvalue weighted by Crippen LogP contribution is 2.16. The monoisotopic (exact) mass is 234 g/mol. The molecule has 0 bridgehead atoms. The highest BCUT2D eigenvalue weighted by atomic mass is 127. The molecule has 0 saturated heterocycles. The third-order valence-corrected chi connectivity index (χ3v) is 2.54. The summed E-state index contributed by atoms with van der Waals surface area (Å²) in [5.41, 5.74) is 0. The summed E-state index contributed by atoms with van der Waals surface area (Å²) in [5.74, 6) is 2.56. The third-order valence-electron chi connectivity index (χ3n) is 0.715. The highest BCUT2D eigenvalue weighted by molar-refractivity contribution is 14.1. The summed E-state index contributed by atoms with van der Waals surface area (Å²) in [6.45, 7) is 0. The van der Waals surface area contributed by atoms with Gasteiger partial charge in [0.15, 0.2) is 0 Å². The van der Waals surface area contributed by atoms with Gasteiger partial charge in [-0.05, 0) is 34.7 Å². The molecule has 0 unspecified atom stereocenters. The standard InChI is InChI=1S/C6H3IS/c1-2-5-3-4-6(7)8-5/h1,3-4H. The van der Waals surface area contributed by atoms with E-state index in [1.165, 1.54) is 2.88 Å². The van der Waals surface area contributed by atoms with E-state index in [2.05, 4.69) is 28.5 Å². The average molecular weight is 234 g/mol. The lowest BCUT2D eigenvalue weighted by molar-refractivity contribution is 1.91. The molecule has 0 fully saturated rings. The molecule has 1 aromatic rings. The van der Waals surface area contributed by atoms with Crippen molar-refractivity contribution in [3.05, 3.63) is 19.9 Å². The molecular weight excluding hydrogens is 231 g/mol. The fourth-order valence-electron chi connectivity index (χ4n) is 0.392. The van der Waals surface area contributed by atoms with Crippen LogP contribution in [0.5, 0.6) is 0 Å². The largest absolute Gasteiger partial charge is 0.121 e. The van der Waals surface area contributed by atoms with Crippen LogP contribution in [0.2, 0.25) is 0 Å². The van der Waals surface area contributed by atoms with E-state index < -0.39 is 0 Å². The van der Waals surface area contributed by atoms with Crippen molar-refractivity contribution in [2.75, 3.05) is 0 Å². The van der Waals surface area contributed by atoms with Gasteiger partial charge < -0.3 is 0 Å². The van der Waals surface area contributed by atoms with Crippen molar-refractivity contribution in [3.8, 4) is 12.3 Å². The second kappa shape index (κ2) is 2.51. The molecule has 0 saturated carbocycles. The normalized spacial score (nSPS) is 8.50. The Hall–Kier alpha value is -0.0100. The number of hydrogen-bond donors (Lipinski definition) is 0. The van der Waals surface area contributed by atoms with Crippen molar-refractivity contribution in [2.24, 2.45) is 0 Å². The van der Waals surface area contributed by atoms with Gasteiger partial charge in [0.05, 0.1) is 7.76 Å². The lowest BCUT2D eigenvalue weighted by atomic mass is 10.5. The second-order valence-electron chi connectivity index (χ2n) is 1.25. The first-order valence-corrected chi connectivity index (χ1v) is 3.94. The zero-order valence-electron chi connectivity index (χ0n) is 4.02. The number of thiophene rings is 1. The van der Waals surface area contributed by atoms with E-state index in [1.54, 1.807) is 11.3 Å². The van der Waals surface area contributed by atoms with E-state index in [9.17, 15) is 0 Å². The van der Waals surface area contributed by atoms with Crippen molar-refractivity contribution in [3.63, 3.8) is 0 Å². The summed E-state index contributed by atoms with van der Waals surface area (Å²) in [7, 11) is 0. The Kier molecular flexibility index (Phi) is 1.92. The van der Waals surface area contributed by atoms with E-state index in [-0.39, 0.29) is 0 Å². The van der Waals surface area contributed by atoms with Gasteiger partial charge in [-0.1, -0.05) is 5.92 Å². The summed E-state index contributed by atoms with van der Waals surface area (Å²) in [5, 5.41) is 0. The molecule has 0 radical (unpaired) electrons. The maximum Gasteiger partial charge on any atom is 0.0777 e. The summed E-state index contributed by atoms with van der Waals surface area (Å²) in [4.78, 5) is 1.01. The van der Waals surface area contributed by atoms with Crippen molar-refractivity contribution in [2.45, 2.75) is 0 Å². The van der Waals surface area contributed by atoms with Crippen LogP contribution >= 0.6 is 33.9 Å². The van der Waals surface area contributed by atoms with Crippen LogP contribution < -0.4 is 0 Å². The molecule has 8 heavy (non-hydrogen) atoms. The summed E-state index contributed by atoms with van der Waals surface area (Å²) < 4.78 is 1.25. The highest BCUT2D eigenvalue weighted by Gasteiger charge is 1.89. The zero-order valence-corrected chi connectivity index (χ0v) is 6.99. The molecule has 1 heterocycles. The molecule has 2 heteroatoms. The first-order valence-electron chi connectivity index (χ1n) is 2.05. The van der Waals surface area contributed by atoms with Gasteiger partial charge in [-0.2, -0.15) is 0 Å². The van der Waals surface area contributed by atoms with Crippen LogP contribution in [-0.2, 0) is 0 Å². The molecule has 0 aliphatic heterocycles. The third kappa shape index (κ3) is 1.23. The second-order valence-corrected chi connectivity index (χ2v) is 4.23. The van der Waals surface area contributed by atoms with Crippen molar-refractivity contribution in [1.29, 1.82) is 0 Å². The Morgan fingerprint density at radius 3 is 2.62 bits per heavy atom. The van der Waals surface area contributed by atoms with Crippen LogP contribution in [0.25, 0.3) is 0 Å². The number of rotatable bonds is 0. The molecule has 0 amide bonds. The van der Waals surface area contributed by atoms with Gasteiger partial charge in [0.25, 0.3) is 0 Å². The van der Waals surface area contributed by atoms with Crippen LogP contribution in [0.1, 0.15) is 4.88 Å². The van der Waals surface area contributed by atoms with Crippen LogP contribution in [0.15, 0.2) is 12.1 Å². The molecule has 0 spiro atoms. The Bertz CT molecular complexity index is 219. The zero-order chi connectivity index (χ0) is 5.98. The number of terminal acetylenes is 1. The van der Waals surface area contributed by atoms with E-state index in [0.29, 0.717) is 0 Å². The molecule has 0 aliphatic rings.